The van der Waals surface area contributed by atoms with Crippen molar-refractivity contribution in [2.75, 3.05) is 0 Å². The smallest absolute Gasteiger partial charge is 0.251 e. The summed E-state index contributed by atoms with van der Waals surface area (Å²) in [5.74, 6) is -0.0287. The van der Waals surface area contributed by atoms with Crippen LogP contribution in [-0.4, -0.2) is 10.9 Å². The summed E-state index contributed by atoms with van der Waals surface area (Å²) in [6.07, 6.45) is 3.42. The Morgan fingerprint density at radius 3 is 2.79 bits per heavy atom. The van der Waals surface area contributed by atoms with Gasteiger partial charge in [-0.15, -0.1) is 11.3 Å². The van der Waals surface area contributed by atoms with E-state index < -0.39 is 0 Å². The number of fused-ring (bicyclic) bond motifs is 1. The van der Waals surface area contributed by atoms with Crippen LogP contribution in [0.2, 0.25) is 0 Å². The fourth-order valence-corrected chi connectivity index (χ4v) is 3.91. The van der Waals surface area contributed by atoms with Gasteiger partial charge in [0.05, 0.1) is 12.2 Å². The van der Waals surface area contributed by atoms with E-state index >= 15 is 0 Å². The van der Waals surface area contributed by atoms with Crippen LogP contribution in [0.5, 0.6) is 0 Å². The second-order valence-electron chi connectivity index (χ2n) is 6.03. The first-order valence-corrected chi connectivity index (χ1v) is 9.07. The van der Waals surface area contributed by atoms with E-state index in [0.717, 1.165) is 34.7 Å². The van der Waals surface area contributed by atoms with E-state index in [4.69, 9.17) is 0 Å². The monoisotopic (exact) mass is 334 g/mol. The zero-order valence-corrected chi connectivity index (χ0v) is 14.1. The van der Waals surface area contributed by atoms with Gasteiger partial charge in [0.15, 0.2) is 0 Å². The van der Waals surface area contributed by atoms with Crippen molar-refractivity contribution in [1.82, 2.24) is 10.3 Å². The van der Waals surface area contributed by atoms with E-state index in [2.05, 4.69) is 16.4 Å². The van der Waals surface area contributed by atoms with Crippen molar-refractivity contribution in [2.24, 2.45) is 0 Å². The van der Waals surface area contributed by atoms with Crippen molar-refractivity contribution in [3.8, 4) is 10.6 Å². The predicted octanol–water partition coefficient (Wildman–Crippen LogP) is 4.23. The van der Waals surface area contributed by atoms with Crippen LogP contribution in [0.25, 0.3) is 10.6 Å². The van der Waals surface area contributed by atoms with E-state index in [1.165, 1.54) is 17.5 Å². The van der Waals surface area contributed by atoms with E-state index in [1.54, 1.807) is 11.3 Å². The fraction of sp³-hybridized carbons (Fsp3) is 0.200. The quantitative estimate of drug-likeness (QED) is 0.776. The second-order valence-corrected chi connectivity index (χ2v) is 6.89. The van der Waals surface area contributed by atoms with Gasteiger partial charge in [-0.3, -0.25) is 4.79 Å². The summed E-state index contributed by atoms with van der Waals surface area (Å²) >= 11 is 1.60. The summed E-state index contributed by atoms with van der Waals surface area (Å²) in [6, 6.07) is 16.2. The lowest BCUT2D eigenvalue weighted by Crippen LogP contribution is -2.23. The molecule has 0 saturated carbocycles. The van der Waals surface area contributed by atoms with Gasteiger partial charge in [-0.2, -0.15) is 0 Å². The van der Waals surface area contributed by atoms with Crippen LogP contribution in [0.1, 0.15) is 33.6 Å². The predicted molar refractivity (Wildman–Crippen MR) is 97.2 cm³/mol. The lowest BCUT2D eigenvalue weighted by molar-refractivity contribution is 0.0950. The number of nitrogens with one attached hydrogen (secondary N) is 1. The Bertz CT molecular complexity index is 870. The minimum Gasteiger partial charge on any atom is -0.346 e. The molecule has 0 spiro atoms. The van der Waals surface area contributed by atoms with Crippen molar-refractivity contribution in [2.45, 2.75) is 25.8 Å². The fourth-order valence-electron chi connectivity index (χ4n) is 3.09. The van der Waals surface area contributed by atoms with Crippen molar-refractivity contribution in [3.63, 3.8) is 0 Å². The number of amides is 1. The highest BCUT2D eigenvalue weighted by Gasteiger charge is 2.14. The van der Waals surface area contributed by atoms with Crippen LogP contribution >= 0.6 is 11.3 Å². The highest BCUT2D eigenvalue weighted by molar-refractivity contribution is 7.13. The van der Waals surface area contributed by atoms with E-state index in [9.17, 15) is 4.79 Å². The number of benzene rings is 2. The Hall–Kier alpha value is -2.46. The van der Waals surface area contributed by atoms with Crippen molar-refractivity contribution >= 4 is 17.2 Å². The van der Waals surface area contributed by atoms with Crippen LogP contribution in [0.3, 0.4) is 0 Å². The molecule has 120 valence electrons. The zero-order valence-electron chi connectivity index (χ0n) is 13.3. The molecule has 3 aromatic rings. The molecule has 1 heterocycles. The van der Waals surface area contributed by atoms with Gasteiger partial charge in [0.1, 0.15) is 5.01 Å². The SMILES string of the molecule is O=C(NCc1csc(-c2ccccc2)n1)c1ccc2c(c1)CCC2. The highest BCUT2D eigenvalue weighted by atomic mass is 32.1. The summed E-state index contributed by atoms with van der Waals surface area (Å²) < 4.78 is 0. The Kier molecular flexibility index (Phi) is 4.13. The number of aromatic nitrogens is 1. The van der Waals surface area contributed by atoms with Gasteiger partial charge in [0.2, 0.25) is 0 Å². The Morgan fingerprint density at radius 2 is 1.92 bits per heavy atom. The lowest BCUT2D eigenvalue weighted by Gasteiger charge is -2.06. The van der Waals surface area contributed by atoms with Crippen molar-refractivity contribution < 1.29 is 4.79 Å². The maximum Gasteiger partial charge on any atom is 0.251 e. The molecular weight excluding hydrogens is 316 g/mol. The minimum atomic E-state index is -0.0287. The molecule has 0 atom stereocenters. The summed E-state index contributed by atoms with van der Waals surface area (Å²) in [5.41, 5.74) is 5.46. The average Bonchev–Trinajstić information content (AvgIpc) is 3.29. The number of hydrogen-bond donors (Lipinski definition) is 1. The summed E-state index contributed by atoms with van der Waals surface area (Å²) in [5, 5.41) is 5.97. The first-order chi connectivity index (χ1) is 11.8. The first-order valence-electron chi connectivity index (χ1n) is 8.19. The number of rotatable bonds is 4. The molecule has 24 heavy (non-hydrogen) atoms. The molecular formula is C20H18N2OS. The van der Waals surface area contributed by atoms with Crippen molar-refractivity contribution in [1.29, 1.82) is 0 Å². The van der Waals surface area contributed by atoms with Crippen LogP contribution in [0.4, 0.5) is 0 Å². The molecule has 1 aromatic heterocycles. The van der Waals surface area contributed by atoms with Crippen LogP contribution < -0.4 is 5.32 Å². The van der Waals surface area contributed by atoms with Gasteiger partial charge in [-0.1, -0.05) is 36.4 Å². The number of carbonyl (C=O) groups excluding carboxylic acids is 1. The van der Waals surface area contributed by atoms with Gasteiger partial charge in [0.25, 0.3) is 5.91 Å². The average molecular weight is 334 g/mol. The van der Waals surface area contributed by atoms with Gasteiger partial charge in [0, 0.05) is 16.5 Å². The van der Waals surface area contributed by atoms with Crippen LogP contribution in [0, 0.1) is 0 Å². The summed E-state index contributed by atoms with van der Waals surface area (Å²) in [6.45, 7) is 0.458. The first kappa shape index (κ1) is 15.1. The van der Waals surface area contributed by atoms with E-state index in [1.807, 2.05) is 47.8 Å². The Balaban J connectivity index is 1.42. The largest absolute Gasteiger partial charge is 0.346 e. The number of carbonyl (C=O) groups is 1. The third kappa shape index (κ3) is 3.10. The molecule has 1 aliphatic rings. The molecule has 4 rings (SSSR count). The molecule has 1 aliphatic carbocycles. The van der Waals surface area contributed by atoms with E-state index in [-0.39, 0.29) is 5.91 Å². The van der Waals surface area contributed by atoms with Crippen LogP contribution in [0.15, 0.2) is 53.9 Å². The highest BCUT2D eigenvalue weighted by Crippen LogP contribution is 2.24. The summed E-state index contributed by atoms with van der Waals surface area (Å²) in [7, 11) is 0. The molecule has 3 nitrogen and oxygen atoms in total. The topological polar surface area (TPSA) is 42.0 Å². The second kappa shape index (κ2) is 6.57. The summed E-state index contributed by atoms with van der Waals surface area (Å²) in [4.78, 5) is 17.0. The molecule has 0 saturated heterocycles. The number of hydrogen-bond acceptors (Lipinski definition) is 3. The molecule has 0 radical (unpaired) electrons. The van der Waals surface area contributed by atoms with Gasteiger partial charge < -0.3 is 5.32 Å². The molecule has 0 unspecified atom stereocenters. The third-order valence-corrected chi connectivity index (χ3v) is 5.30. The zero-order chi connectivity index (χ0) is 16.4. The van der Waals surface area contributed by atoms with Gasteiger partial charge >= 0.3 is 0 Å². The van der Waals surface area contributed by atoms with E-state index in [0.29, 0.717) is 6.54 Å². The lowest BCUT2D eigenvalue weighted by atomic mass is 10.1. The maximum atomic E-state index is 12.4. The number of thiazole rings is 1. The minimum absolute atomic E-state index is 0.0287. The van der Waals surface area contributed by atoms with Crippen molar-refractivity contribution in [3.05, 3.63) is 76.3 Å². The molecule has 4 heteroatoms. The molecule has 0 aliphatic heterocycles. The molecule has 0 bridgehead atoms. The molecule has 2 aromatic carbocycles. The molecule has 0 fully saturated rings. The normalized spacial score (nSPS) is 12.8. The Labute approximate surface area is 145 Å². The maximum absolute atomic E-state index is 12.4. The number of nitrogens with zero attached hydrogens (tertiary/aromatic N) is 1. The van der Waals surface area contributed by atoms with Crippen LogP contribution in [-0.2, 0) is 19.4 Å². The third-order valence-electron chi connectivity index (χ3n) is 4.36. The molecule has 1 amide bonds. The van der Waals surface area contributed by atoms with Gasteiger partial charge in [-0.25, -0.2) is 4.98 Å². The van der Waals surface area contributed by atoms with Gasteiger partial charge in [-0.05, 0) is 42.5 Å². The number of aryl methyl sites for hydroxylation is 2. The molecule has 1 N–H and O–H groups in total. The Morgan fingerprint density at radius 1 is 1.08 bits per heavy atom. The standard InChI is InChI=1S/C20H18N2OS/c23-19(17-10-9-14-7-4-8-16(14)11-17)21-12-18-13-24-20(22-18)15-5-2-1-3-6-15/h1-3,5-6,9-11,13H,4,7-8,12H2,(H,21,23).